The van der Waals surface area contributed by atoms with E-state index in [4.69, 9.17) is 0 Å². The van der Waals surface area contributed by atoms with E-state index in [0.717, 1.165) is 0 Å². The summed E-state index contributed by atoms with van der Waals surface area (Å²) in [6.07, 6.45) is -25.7. The van der Waals surface area contributed by atoms with E-state index in [1.165, 1.54) is 0 Å². The Morgan fingerprint density at radius 3 is 1.82 bits per heavy atom. The van der Waals surface area contributed by atoms with Crippen molar-refractivity contribution in [1.29, 1.82) is 0 Å². The number of ether oxygens (including phenoxy) is 3. The largest absolute Gasteiger partial charge is 0.475 e. The predicted molar refractivity (Wildman–Crippen MR) is 67.3 cm³/mol. The number of rotatable bonds is 13. The van der Waals surface area contributed by atoms with E-state index in [2.05, 4.69) is 14.2 Å². The van der Waals surface area contributed by atoms with Crippen molar-refractivity contribution >= 4 is 0 Å². The van der Waals surface area contributed by atoms with Crippen molar-refractivity contribution < 1.29 is 66.9 Å². The van der Waals surface area contributed by atoms with Gasteiger partial charge in [-0.3, -0.25) is 4.74 Å². The van der Waals surface area contributed by atoms with Crippen LogP contribution in [0.4, 0.5) is 52.7 Å². The molecule has 3 nitrogen and oxygen atoms in total. The Balaban J connectivity index is 5.18. The van der Waals surface area contributed by atoms with Crippen LogP contribution in [0.3, 0.4) is 0 Å². The zero-order chi connectivity index (χ0) is 22.4. The number of alkyl halides is 9. The quantitative estimate of drug-likeness (QED) is 0.187. The molecule has 0 radical (unpaired) electrons. The van der Waals surface area contributed by atoms with E-state index in [9.17, 15) is 52.7 Å². The van der Waals surface area contributed by atoms with E-state index < -0.39 is 49.3 Å². The molecule has 1 atom stereocenters. The Morgan fingerprint density at radius 2 is 1.36 bits per heavy atom. The van der Waals surface area contributed by atoms with Crippen LogP contribution >= 0.6 is 0 Å². The lowest BCUT2D eigenvalue weighted by atomic mass is 10.2. The van der Waals surface area contributed by atoms with E-state index in [1.807, 2.05) is 0 Å². The van der Waals surface area contributed by atoms with Gasteiger partial charge in [0.15, 0.2) is 0 Å². The van der Waals surface area contributed by atoms with Crippen LogP contribution in [0.5, 0.6) is 0 Å². The Bertz CT molecular complexity index is 519. The summed E-state index contributed by atoms with van der Waals surface area (Å²) in [7, 11) is 0. The average molecular weight is 446 g/mol. The topological polar surface area (TPSA) is 27.7 Å². The summed E-state index contributed by atoms with van der Waals surface area (Å²) in [5, 5.41) is 0. The van der Waals surface area contributed by atoms with Crippen LogP contribution in [0.1, 0.15) is 32.6 Å². The average Bonchev–Trinajstić information content (AvgIpc) is 2.53. The van der Waals surface area contributed by atoms with E-state index in [1.54, 1.807) is 6.92 Å². The second-order valence-corrected chi connectivity index (χ2v) is 5.15. The van der Waals surface area contributed by atoms with Gasteiger partial charge in [0.05, 0.1) is 6.61 Å². The number of hydrogen-bond acceptors (Lipinski definition) is 3. The lowest BCUT2D eigenvalue weighted by molar-refractivity contribution is -0.478. The molecule has 168 valence electrons. The summed E-state index contributed by atoms with van der Waals surface area (Å²) < 4.78 is 161. The zero-order valence-corrected chi connectivity index (χ0v) is 13.9. The van der Waals surface area contributed by atoms with Crippen molar-refractivity contribution in [2.45, 2.75) is 63.2 Å². The van der Waals surface area contributed by atoms with Crippen LogP contribution in [0.15, 0.2) is 12.1 Å². The Morgan fingerprint density at radius 1 is 0.821 bits per heavy atom. The van der Waals surface area contributed by atoms with Crippen molar-refractivity contribution in [2.75, 3.05) is 6.61 Å². The molecule has 1 unspecified atom stereocenters. The minimum atomic E-state index is -7.05. The standard InChI is InChI=1S/C13H14F12O3/c1-2-3-4-5-6-26-10(18,19)9(17)28-13(24,25)11(20,21)12(22,23)27-8(16)7(14)15/h9H,2-6H2,1H3. The summed E-state index contributed by atoms with van der Waals surface area (Å²) in [6.45, 7) is 0.829. The van der Waals surface area contributed by atoms with Crippen LogP contribution in [0.2, 0.25) is 0 Å². The third kappa shape index (κ3) is 6.90. The molecule has 0 aliphatic carbocycles. The van der Waals surface area contributed by atoms with Crippen LogP contribution in [0.25, 0.3) is 0 Å². The molecule has 0 bridgehead atoms. The Labute approximate surface area is 150 Å². The van der Waals surface area contributed by atoms with Crippen molar-refractivity contribution in [3.63, 3.8) is 0 Å². The molecule has 0 spiro atoms. The molecule has 15 heteroatoms. The van der Waals surface area contributed by atoms with Gasteiger partial charge in [0.1, 0.15) is 0 Å². The molecule has 0 aliphatic rings. The van der Waals surface area contributed by atoms with Gasteiger partial charge in [-0.05, 0) is 6.42 Å². The molecule has 0 saturated heterocycles. The maximum Gasteiger partial charge on any atom is 0.475 e. The molecular weight excluding hydrogens is 432 g/mol. The Kier molecular flexibility index (Phi) is 9.41. The molecule has 28 heavy (non-hydrogen) atoms. The second-order valence-electron chi connectivity index (χ2n) is 5.15. The highest BCUT2D eigenvalue weighted by Gasteiger charge is 2.77. The number of unbranched alkanes of at least 4 members (excludes halogenated alkanes) is 3. The van der Waals surface area contributed by atoms with Crippen LogP contribution in [-0.2, 0) is 14.2 Å². The van der Waals surface area contributed by atoms with Crippen molar-refractivity contribution in [3.05, 3.63) is 12.1 Å². The van der Waals surface area contributed by atoms with Crippen LogP contribution in [-0.4, -0.2) is 37.2 Å². The summed E-state index contributed by atoms with van der Waals surface area (Å²) in [5.41, 5.74) is 0. The fourth-order valence-electron chi connectivity index (χ4n) is 1.46. The first-order chi connectivity index (χ1) is 12.5. The molecule has 0 heterocycles. The molecule has 0 aromatic heterocycles. The molecular formula is C13H14F12O3. The normalized spacial score (nSPS) is 14.8. The minimum Gasteiger partial charge on any atom is -0.397 e. The van der Waals surface area contributed by atoms with Crippen molar-refractivity contribution in [3.8, 4) is 0 Å². The van der Waals surface area contributed by atoms with Crippen molar-refractivity contribution in [2.24, 2.45) is 0 Å². The van der Waals surface area contributed by atoms with Gasteiger partial charge in [-0.2, -0.15) is 48.3 Å². The van der Waals surface area contributed by atoms with E-state index in [0.29, 0.717) is 19.3 Å². The van der Waals surface area contributed by atoms with Gasteiger partial charge >= 0.3 is 36.3 Å². The Hall–Kier alpha value is -1.38. The van der Waals surface area contributed by atoms with Gasteiger partial charge in [-0.15, -0.1) is 0 Å². The van der Waals surface area contributed by atoms with Gasteiger partial charge in [0.2, 0.25) is 0 Å². The van der Waals surface area contributed by atoms with Crippen LogP contribution < -0.4 is 0 Å². The summed E-state index contributed by atoms with van der Waals surface area (Å²) in [5.74, 6) is -7.05. The molecule has 0 saturated carbocycles. The summed E-state index contributed by atoms with van der Waals surface area (Å²) in [4.78, 5) is 0. The van der Waals surface area contributed by atoms with E-state index in [-0.39, 0.29) is 6.42 Å². The first-order valence-corrected chi connectivity index (χ1v) is 7.38. The highest BCUT2D eigenvalue weighted by Crippen LogP contribution is 2.49. The van der Waals surface area contributed by atoms with Gasteiger partial charge < -0.3 is 9.47 Å². The number of halogens is 12. The lowest BCUT2D eigenvalue weighted by Gasteiger charge is -2.32. The number of hydrogen-bond donors (Lipinski definition) is 0. The highest BCUT2D eigenvalue weighted by molar-refractivity contribution is 4.91. The smallest absolute Gasteiger partial charge is 0.397 e. The monoisotopic (exact) mass is 446 g/mol. The molecule has 0 aromatic carbocycles. The fraction of sp³-hybridized carbons (Fsp3) is 0.846. The molecule has 0 rings (SSSR count). The maximum atomic E-state index is 13.2. The highest BCUT2D eigenvalue weighted by atomic mass is 19.4. The SMILES string of the molecule is CCCCCCOC(F)(F)C(F)OC(F)(F)C(F)(F)C(F)(F)OC(F)=C(F)F. The van der Waals surface area contributed by atoms with Gasteiger partial charge in [0, 0.05) is 0 Å². The summed E-state index contributed by atoms with van der Waals surface area (Å²) in [6, 6.07) is -3.65. The molecule has 0 N–H and O–H groups in total. The first-order valence-electron chi connectivity index (χ1n) is 7.38. The molecule has 0 amide bonds. The van der Waals surface area contributed by atoms with Crippen LogP contribution in [0, 0.1) is 0 Å². The van der Waals surface area contributed by atoms with Gasteiger partial charge in [0.25, 0.3) is 6.36 Å². The fourth-order valence-corrected chi connectivity index (χ4v) is 1.46. The second kappa shape index (κ2) is 9.89. The molecule has 0 fully saturated rings. The maximum absolute atomic E-state index is 13.2. The predicted octanol–water partition coefficient (Wildman–Crippen LogP) is 6.36. The molecule has 0 aromatic rings. The molecule has 0 aliphatic heterocycles. The van der Waals surface area contributed by atoms with Crippen molar-refractivity contribution in [1.82, 2.24) is 0 Å². The minimum absolute atomic E-state index is 0.102. The third-order valence-electron chi connectivity index (χ3n) is 2.91. The van der Waals surface area contributed by atoms with Gasteiger partial charge in [-0.25, -0.2) is 4.39 Å². The lowest BCUT2D eigenvalue weighted by Crippen LogP contribution is -2.58. The first kappa shape index (κ1) is 26.6. The zero-order valence-electron chi connectivity index (χ0n) is 13.9. The summed E-state index contributed by atoms with van der Waals surface area (Å²) >= 11 is 0. The van der Waals surface area contributed by atoms with E-state index >= 15 is 0 Å². The third-order valence-corrected chi connectivity index (χ3v) is 2.91. The van der Waals surface area contributed by atoms with Gasteiger partial charge in [-0.1, -0.05) is 26.2 Å².